The minimum Gasteiger partial charge on any atom is -0.443 e. The van der Waals surface area contributed by atoms with Gasteiger partial charge in [-0.05, 0) is 18.5 Å². The fourth-order valence-electron chi connectivity index (χ4n) is 1.42. The molecule has 1 amide bonds. The maximum absolute atomic E-state index is 11.4. The van der Waals surface area contributed by atoms with Crippen molar-refractivity contribution in [1.82, 2.24) is 15.6 Å². The van der Waals surface area contributed by atoms with Crippen molar-refractivity contribution >= 4 is 29.7 Å². The Balaban J connectivity index is 0.00000180. The van der Waals surface area contributed by atoms with Gasteiger partial charge in [0.2, 0.25) is 11.8 Å². The number of halogens is 1. The van der Waals surface area contributed by atoms with Crippen molar-refractivity contribution in [3.63, 3.8) is 0 Å². The molecule has 0 aliphatic carbocycles. The maximum Gasteiger partial charge on any atom is 0.236 e. The lowest BCUT2D eigenvalue weighted by molar-refractivity contribution is -0.121. The van der Waals surface area contributed by atoms with Crippen LogP contribution >= 0.6 is 23.7 Å². The molecule has 0 fully saturated rings. The molecule has 5 nitrogen and oxygen atoms in total. The molecule has 2 rings (SSSR count). The highest BCUT2D eigenvalue weighted by atomic mass is 35.5. The first-order valence-corrected chi connectivity index (χ1v) is 6.57. The highest BCUT2D eigenvalue weighted by molar-refractivity contribution is 7.13. The Morgan fingerprint density at radius 1 is 1.53 bits per heavy atom. The molecule has 104 valence electrons. The lowest BCUT2D eigenvalue weighted by atomic mass is 10.4. The van der Waals surface area contributed by atoms with E-state index in [0.29, 0.717) is 25.4 Å². The number of oxazole rings is 1. The summed E-state index contributed by atoms with van der Waals surface area (Å²) in [5.41, 5.74) is 0.733. The number of nitrogens with zero attached hydrogens (tertiary/aromatic N) is 1. The normalized spacial score (nSPS) is 9.95. The third-order valence-corrected chi connectivity index (χ3v) is 3.21. The number of amides is 1. The number of rotatable bonds is 6. The Labute approximate surface area is 121 Å². The number of aromatic nitrogens is 1. The van der Waals surface area contributed by atoms with Crippen LogP contribution in [0.5, 0.6) is 0 Å². The van der Waals surface area contributed by atoms with Crippen molar-refractivity contribution in [2.24, 2.45) is 0 Å². The van der Waals surface area contributed by atoms with E-state index in [1.807, 2.05) is 24.6 Å². The van der Waals surface area contributed by atoms with E-state index < -0.39 is 0 Å². The predicted molar refractivity (Wildman–Crippen MR) is 77.5 cm³/mol. The van der Waals surface area contributed by atoms with Crippen molar-refractivity contribution in [2.75, 3.05) is 13.6 Å². The van der Waals surface area contributed by atoms with Crippen LogP contribution in [0.2, 0.25) is 0 Å². The van der Waals surface area contributed by atoms with Crippen molar-refractivity contribution in [3.8, 4) is 10.8 Å². The standard InChI is InChI=1S/C12H15N3O2S.ClH/c1-13-5-4-11(16)14-7-9-8-17-12(15-9)10-3-2-6-18-10;/h2-3,6,8,13H,4-5,7H2,1H3,(H,14,16);1H. The summed E-state index contributed by atoms with van der Waals surface area (Å²) in [5.74, 6) is 0.606. The van der Waals surface area contributed by atoms with Gasteiger partial charge in [0.15, 0.2) is 0 Å². The average Bonchev–Trinajstić information content (AvgIpc) is 3.03. The summed E-state index contributed by atoms with van der Waals surface area (Å²) in [5, 5.41) is 7.69. The number of carbonyl (C=O) groups is 1. The number of carbonyl (C=O) groups excluding carboxylic acids is 1. The quantitative estimate of drug-likeness (QED) is 0.857. The van der Waals surface area contributed by atoms with Gasteiger partial charge in [0.1, 0.15) is 6.26 Å². The van der Waals surface area contributed by atoms with Gasteiger partial charge in [0.05, 0.1) is 17.1 Å². The van der Waals surface area contributed by atoms with E-state index in [1.165, 1.54) is 0 Å². The first-order chi connectivity index (χ1) is 8.79. The van der Waals surface area contributed by atoms with Crippen LogP contribution in [-0.4, -0.2) is 24.5 Å². The van der Waals surface area contributed by atoms with E-state index >= 15 is 0 Å². The largest absolute Gasteiger partial charge is 0.443 e. The molecule has 0 saturated carbocycles. The molecule has 0 atom stereocenters. The second kappa shape index (κ2) is 7.93. The number of thiophene rings is 1. The van der Waals surface area contributed by atoms with Crippen LogP contribution in [0, 0.1) is 0 Å². The zero-order valence-corrected chi connectivity index (χ0v) is 12.1. The van der Waals surface area contributed by atoms with E-state index in [-0.39, 0.29) is 18.3 Å². The van der Waals surface area contributed by atoms with Gasteiger partial charge in [-0.3, -0.25) is 4.79 Å². The van der Waals surface area contributed by atoms with Crippen LogP contribution in [0.4, 0.5) is 0 Å². The minimum atomic E-state index is 0. The van der Waals surface area contributed by atoms with Crippen LogP contribution in [0.1, 0.15) is 12.1 Å². The van der Waals surface area contributed by atoms with Gasteiger partial charge in [-0.25, -0.2) is 4.98 Å². The number of hydrogen-bond donors (Lipinski definition) is 2. The van der Waals surface area contributed by atoms with Crippen molar-refractivity contribution in [2.45, 2.75) is 13.0 Å². The summed E-state index contributed by atoms with van der Waals surface area (Å²) < 4.78 is 5.36. The molecule has 0 aliphatic heterocycles. The molecule has 0 bridgehead atoms. The Morgan fingerprint density at radius 2 is 2.37 bits per heavy atom. The molecule has 2 N–H and O–H groups in total. The Kier molecular flexibility index (Phi) is 6.55. The molecule has 0 aliphatic rings. The summed E-state index contributed by atoms with van der Waals surface area (Å²) >= 11 is 1.57. The fraction of sp³-hybridized carbons (Fsp3) is 0.333. The Bertz CT molecular complexity index is 499. The van der Waals surface area contributed by atoms with Gasteiger partial charge < -0.3 is 15.1 Å². The number of hydrogen-bond acceptors (Lipinski definition) is 5. The Morgan fingerprint density at radius 3 is 3.05 bits per heavy atom. The molecule has 2 heterocycles. The van der Waals surface area contributed by atoms with Gasteiger partial charge in [-0.2, -0.15) is 0 Å². The molecular formula is C12H16ClN3O2S. The molecule has 7 heteroatoms. The highest BCUT2D eigenvalue weighted by Crippen LogP contribution is 2.23. The Hall–Kier alpha value is -1.37. The maximum atomic E-state index is 11.4. The lowest BCUT2D eigenvalue weighted by Crippen LogP contribution is -2.26. The second-order valence-electron chi connectivity index (χ2n) is 3.75. The second-order valence-corrected chi connectivity index (χ2v) is 4.70. The summed E-state index contributed by atoms with van der Waals surface area (Å²) in [7, 11) is 1.82. The summed E-state index contributed by atoms with van der Waals surface area (Å²) in [6.07, 6.45) is 2.04. The SMILES string of the molecule is CNCCC(=O)NCc1coc(-c2cccs2)n1.Cl. The molecule has 0 radical (unpaired) electrons. The average molecular weight is 302 g/mol. The molecule has 2 aromatic heterocycles. The third-order valence-electron chi connectivity index (χ3n) is 2.35. The fourth-order valence-corrected chi connectivity index (χ4v) is 2.07. The monoisotopic (exact) mass is 301 g/mol. The van der Waals surface area contributed by atoms with Gasteiger partial charge in [-0.15, -0.1) is 23.7 Å². The molecule has 0 unspecified atom stereocenters. The third kappa shape index (κ3) is 4.66. The lowest BCUT2D eigenvalue weighted by Gasteiger charge is -2.01. The summed E-state index contributed by atoms with van der Waals surface area (Å²) in [6, 6.07) is 3.90. The zero-order valence-electron chi connectivity index (χ0n) is 10.5. The molecular weight excluding hydrogens is 286 g/mol. The van der Waals surface area contributed by atoms with Crippen LogP contribution in [0.15, 0.2) is 28.2 Å². The van der Waals surface area contributed by atoms with E-state index in [9.17, 15) is 4.79 Å². The smallest absolute Gasteiger partial charge is 0.236 e. The van der Waals surface area contributed by atoms with Crippen molar-refractivity contribution < 1.29 is 9.21 Å². The van der Waals surface area contributed by atoms with Crippen LogP contribution in [0.25, 0.3) is 10.8 Å². The first kappa shape index (κ1) is 15.7. The van der Waals surface area contributed by atoms with Gasteiger partial charge in [0.25, 0.3) is 0 Å². The van der Waals surface area contributed by atoms with E-state index in [0.717, 1.165) is 10.6 Å². The minimum absolute atomic E-state index is 0. The van der Waals surface area contributed by atoms with E-state index in [1.54, 1.807) is 17.6 Å². The predicted octanol–water partition coefficient (Wildman–Crippen LogP) is 2.05. The molecule has 0 spiro atoms. The molecule has 0 aromatic carbocycles. The molecule has 19 heavy (non-hydrogen) atoms. The van der Waals surface area contributed by atoms with Crippen LogP contribution in [-0.2, 0) is 11.3 Å². The van der Waals surface area contributed by atoms with Crippen molar-refractivity contribution in [3.05, 3.63) is 29.5 Å². The zero-order chi connectivity index (χ0) is 12.8. The van der Waals surface area contributed by atoms with Crippen LogP contribution in [0.3, 0.4) is 0 Å². The topological polar surface area (TPSA) is 67.2 Å². The molecule has 0 saturated heterocycles. The summed E-state index contributed by atoms with van der Waals surface area (Å²) in [6.45, 7) is 1.07. The summed E-state index contributed by atoms with van der Waals surface area (Å²) in [4.78, 5) is 16.7. The van der Waals surface area contributed by atoms with Gasteiger partial charge in [-0.1, -0.05) is 6.07 Å². The van der Waals surface area contributed by atoms with Gasteiger partial charge in [0, 0.05) is 13.0 Å². The molecule has 2 aromatic rings. The van der Waals surface area contributed by atoms with Gasteiger partial charge >= 0.3 is 0 Å². The van der Waals surface area contributed by atoms with Crippen molar-refractivity contribution in [1.29, 1.82) is 0 Å². The van der Waals surface area contributed by atoms with Crippen LogP contribution < -0.4 is 10.6 Å². The van der Waals surface area contributed by atoms with E-state index in [4.69, 9.17) is 4.42 Å². The number of nitrogens with one attached hydrogen (secondary N) is 2. The van der Waals surface area contributed by atoms with E-state index in [2.05, 4.69) is 15.6 Å². The first-order valence-electron chi connectivity index (χ1n) is 5.69. The highest BCUT2D eigenvalue weighted by Gasteiger charge is 2.08.